The fourth-order valence-corrected chi connectivity index (χ4v) is 11.2. The minimum atomic E-state index is -0.858. The Morgan fingerprint density at radius 2 is 1.63 bits per heavy atom. The molecular formula is C56H67N7O6S. The molecule has 2 aliphatic carbocycles. The summed E-state index contributed by atoms with van der Waals surface area (Å²) in [6, 6.07) is 22.5. The summed E-state index contributed by atoms with van der Waals surface area (Å²) in [6.45, 7) is 16.8. The van der Waals surface area contributed by atoms with E-state index in [4.69, 9.17) is 9.73 Å². The summed E-state index contributed by atoms with van der Waals surface area (Å²) in [7, 11) is 0. The molecule has 0 saturated heterocycles. The first-order valence-electron chi connectivity index (χ1n) is 24.6. The van der Waals surface area contributed by atoms with Crippen LogP contribution in [0.3, 0.4) is 0 Å². The van der Waals surface area contributed by atoms with Gasteiger partial charge in [0.1, 0.15) is 23.4 Å². The van der Waals surface area contributed by atoms with E-state index in [1.807, 2.05) is 52.0 Å². The van der Waals surface area contributed by atoms with Gasteiger partial charge < -0.3 is 25.8 Å². The lowest BCUT2D eigenvalue weighted by atomic mass is 9.76. The van der Waals surface area contributed by atoms with Crippen molar-refractivity contribution in [3.8, 4) is 5.75 Å². The Hall–Kier alpha value is -6.12. The molecule has 70 heavy (non-hydrogen) atoms. The highest BCUT2D eigenvalue weighted by Crippen LogP contribution is 2.43. The van der Waals surface area contributed by atoms with Crippen LogP contribution >= 0.6 is 11.8 Å². The SMILES string of the molecule is CC1=C(C)C2=C(C1)n1c(C)nnc1C(CC(=O)NCCCOc1cccc(CC(=O)N[C@H](C(=O)C3CC(O)CC3C(=O)CCc3ccc(C4=C(C)NCS4)cc3)C(C)(C)C)c1)N=C2c1ccc(C)cc1. The summed E-state index contributed by atoms with van der Waals surface area (Å²) in [5.74, 6) is 0.851. The first kappa shape index (κ1) is 50.3. The number of aromatic nitrogens is 3. The molecule has 0 spiro atoms. The number of hydrogen-bond acceptors (Lipinski definition) is 11. The molecule has 1 aromatic heterocycles. The number of carbonyl (C=O) groups excluding carboxylic acids is 4. The third-order valence-electron chi connectivity index (χ3n) is 14.1. The topological polar surface area (TPSA) is 177 Å². The Balaban J connectivity index is 0.825. The zero-order valence-corrected chi connectivity index (χ0v) is 42.6. The molecule has 2 aliphatic heterocycles. The normalized spacial score (nSPS) is 20.4. The number of thioether (sulfide) groups is 1. The zero-order valence-electron chi connectivity index (χ0n) is 41.8. The van der Waals surface area contributed by atoms with Gasteiger partial charge in [0.25, 0.3) is 0 Å². The first-order chi connectivity index (χ1) is 33.4. The van der Waals surface area contributed by atoms with E-state index in [0.29, 0.717) is 43.1 Å². The molecule has 8 rings (SSSR count). The van der Waals surface area contributed by atoms with Crippen LogP contribution in [0.15, 0.2) is 100 Å². The van der Waals surface area contributed by atoms with Crippen molar-refractivity contribution in [3.63, 3.8) is 0 Å². The second-order valence-electron chi connectivity index (χ2n) is 20.5. The number of allylic oxidation sites excluding steroid dienone is 5. The van der Waals surface area contributed by atoms with Crippen LogP contribution in [0, 0.1) is 31.1 Å². The number of nitrogens with zero attached hydrogens (tertiary/aromatic N) is 4. The van der Waals surface area contributed by atoms with Gasteiger partial charge in [-0.3, -0.25) is 28.7 Å². The van der Waals surface area contributed by atoms with E-state index in [1.165, 1.54) is 16.1 Å². The predicted molar refractivity (Wildman–Crippen MR) is 276 cm³/mol. The van der Waals surface area contributed by atoms with Gasteiger partial charge in [0, 0.05) is 58.7 Å². The van der Waals surface area contributed by atoms with E-state index in [9.17, 15) is 24.3 Å². The number of fused-ring (bicyclic) bond motifs is 2. The minimum absolute atomic E-state index is 0.0180. The van der Waals surface area contributed by atoms with Crippen molar-refractivity contribution in [2.24, 2.45) is 22.2 Å². The number of carbonyl (C=O) groups is 4. The summed E-state index contributed by atoms with van der Waals surface area (Å²) >= 11 is 1.78. The number of nitrogens with one attached hydrogen (secondary N) is 3. The van der Waals surface area contributed by atoms with Crippen molar-refractivity contribution in [3.05, 3.63) is 135 Å². The van der Waals surface area contributed by atoms with Gasteiger partial charge in [0.05, 0.1) is 43.2 Å². The molecule has 2 amide bonds. The number of ether oxygens (including phenoxy) is 1. The average Bonchev–Trinajstić information content (AvgIpc) is 4.09. The van der Waals surface area contributed by atoms with Crippen LogP contribution in [0.25, 0.3) is 10.6 Å². The molecule has 0 bridgehead atoms. The smallest absolute Gasteiger partial charge is 0.225 e. The van der Waals surface area contributed by atoms with Gasteiger partial charge in [0.2, 0.25) is 11.8 Å². The molecule has 0 radical (unpaired) electrons. The van der Waals surface area contributed by atoms with Crippen molar-refractivity contribution < 1.29 is 29.0 Å². The summed E-state index contributed by atoms with van der Waals surface area (Å²) in [4.78, 5) is 61.7. The number of ketones is 2. The lowest BCUT2D eigenvalue weighted by molar-refractivity contribution is -0.136. The molecule has 4 aliphatic rings. The Morgan fingerprint density at radius 1 is 0.900 bits per heavy atom. The number of rotatable bonds is 18. The molecule has 5 atom stereocenters. The van der Waals surface area contributed by atoms with Gasteiger partial charge in [0.15, 0.2) is 11.6 Å². The standard InChI is InChI=1S/C56H67N7O6S/c1-32-13-18-39(19-14-32)51-50-34(3)33(2)25-46(50)63-36(5)61-62-55(63)45(59-51)30-48(66)57-23-10-24-69-42-12-9-11-38(26-42)27-49(67)60-54(56(6,7)8)52(68)44-29-41(64)28-43(44)47(65)22-17-37-15-20-40(21-16-37)53-35(4)58-31-70-53/h9,11-16,18-21,26,41,43-45,54,58,64H,10,17,22-25,27-31H2,1-8H3,(H,57,66)(H,60,67)/t41?,43?,44?,45?,54-/m1/s1. The Bertz CT molecular complexity index is 2780. The number of aliphatic hydroxyl groups is 1. The van der Waals surface area contributed by atoms with Crippen LogP contribution in [0.1, 0.15) is 126 Å². The second kappa shape index (κ2) is 21.5. The van der Waals surface area contributed by atoms with Crippen molar-refractivity contribution in [1.29, 1.82) is 0 Å². The zero-order chi connectivity index (χ0) is 49.9. The highest BCUT2D eigenvalue weighted by Gasteiger charge is 2.46. The van der Waals surface area contributed by atoms with Crippen molar-refractivity contribution in [2.45, 2.75) is 125 Å². The van der Waals surface area contributed by atoms with Crippen LogP contribution in [0.4, 0.5) is 0 Å². The van der Waals surface area contributed by atoms with Gasteiger partial charge in [-0.05, 0) is 100 Å². The molecule has 13 nitrogen and oxygen atoms in total. The molecule has 1 fully saturated rings. The lowest BCUT2D eigenvalue weighted by Gasteiger charge is -2.33. The van der Waals surface area contributed by atoms with Crippen LogP contribution in [0.5, 0.6) is 5.75 Å². The minimum Gasteiger partial charge on any atom is -0.494 e. The van der Waals surface area contributed by atoms with Crippen LogP contribution in [0.2, 0.25) is 0 Å². The number of aliphatic hydroxyl groups excluding tert-OH is 1. The number of hydrogen-bond donors (Lipinski definition) is 4. The Kier molecular flexibility index (Phi) is 15.4. The predicted octanol–water partition coefficient (Wildman–Crippen LogP) is 8.58. The molecule has 4 aromatic rings. The third kappa shape index (κ3) is 11.4. The number of aryl methyl sites for hydroxylation is 3. The highest BCUT2D eigenvalue weighted by atomic mass is 32.2. The van der Waals surface area contributed by atoms with E-state index in [0.717, 1.165) is 63.1 Å². The molecule has 4 unspecified atom stereocenters. The average molecular weight is 966 g/mol. The van der Waals surface area contributed by atoms with Gasteiger partial charge in [-0.25, -0.2) is 0 Å². The molecule has 14 heteroatoms. The number of benzene rings is 3. The monoisotopic (exact) mass is 965 g/mol. The maximum Gasteiger partial charge on any atom is 0.225 e. The molecule has 368 valence electrons. The van der Waals surface area contributed by atoms with Gasteiger partial charge >= 0.3 is 0 Å². The van der Waals surface area contributed by atoms with E-state index in [2.05, 4.69) is 107 Å². The summed E-state index contributed by atoms with van der Waals surface area (Å²) in [5.41, 5.74) is 11.1. The number of Topliss-reactive ketones (excluding diaryl/α,β-unsaturated/α-hetero) is 2. The van der Waals surface area contributed by atoms with Crippen molar-refractivity contribution >= 4 is 51.5 Å². The van der Waals surface area contributed by atoms with Crippen molar-refractivity contribution in [2.75, 3.05) is 19.0 Å². The van der Waals surface area contributed by atoms with Crippen LogP contribution in [-0.4, -0.2) is 80.1 Å². The number of aliphatic imine (C=N–C) groups is 1. The van der Waals surface area contributed by atoms with E-state index < -0.39 is 35.4 Å². The quantitative estimate of drug-likeness (QED) is 0.0707. The van der Waals surface area contributed by atoms with E-state index >= 15 is 0 Å². The molecule has 3 heterocycles. The van der Waals surface area contributed by atoms with Gasteiger partial charge in [-0.2, -0.15) is 0 Å². The summed E-state index contributed by atoms with van der Waals surface area (Å²) in [6.07, 6.45) is 1.92. The molecule has 1 saturated carbocycles. The lowest BCUT2D eigenvalue weighted by Crippen LogP contribution is -2.52. The maximum absolute atomic E-state index is 14.3. The largest absolute Gasteiger partial charge is 0.494 e. The van der Waals surface area contributed by atoms with Crippen LogP contribution < -0.4 is 20.7 Å². The number of amides is 2. The van der Waals surface area contributed by atoms with Gasteiger partial charge in [-0.15, -0.1) is 22.0 Å². The Morgan fingerprint density at radius 3 is 2.34 bits per heavy atom. The third-order valence-corrected chi connectivity index (χ3v) is 15.2. The van der Waals surface area contributed by atoms with Gasteiger partial charge in [-0.1, -0.05) is 92.6 Å². The van der Waals surface area contributed by atoms with E-state index in [-0.39, 0.29) is 55.5 Å². The summed E-state index contributed by atoms with van der Waals surface area (Å²) in [5, 5.41) is 29.1. The second-order valence-corrected chi connectivity index (χ2v) is 21.5. The highest BCUT2D eigenvalue weighted by molar-refractivity contribution is 8.08. The fraction of sp³-hybridized carbons (Fsp3) is 0.446. The Labute approximate surface area is 416 Å². The van der Waals surface area contributed by atoms with Crippen LogP contribution in [-0.2, 0) is 32.0 Å². The van der Waals surface area contributed by atoms with E-state index in [1.54, 1.807) is 11.8 Å². The molecule has 3 aromatic carbocycles. The first-order valence-corrected chi connectivity index (χ1v) is 25.6. The summed E-state index contributed by atoms with van der Waals surface area (Å²) < 4.78 is 8.16. The maximum atomic E-state index is 14.3. The molecular weight excluding hydrogens is 899 g/mol. The fourth-order valence-electron chi connectivity index (χ4n) is 10.2. The molecule has 4 N–H and O–H groups in total. The van der Waals surface area contributed by atoms with Crippen molar-refractivity contribution in [1.82, 2.24) is 30.7 Å².